The SMILES string of the molecule is CC1C=CC([C@]2(C)CCCC2(C)C)C=C1. The summed E-state index contributed by atoms with van der Waals surface area (Å²) in [5.41, 5.74) is 0.965. The van der Waals surface area contributed by atoms with Crippen LogP contribution in [-0.2, 0) is 0 Å². The zero-order valence-electron chi connectivity index (χ0n) is 10.6. The maximum Gasteiger partial charge on any atom is 0.000592 e. The van der Waals surface area contributed by atoms with Crippen LogP contribution in [0.2, 0.25) is 0 Å². The molecule has 0 aliphatic heterocycles. The third-order valence-electron chi connectivity index (χ3n) is 5.02. The van der Waals surface area contributed by atoms with Crippen molar-refractivity contribution in [1.82, 2.24) is 0 Å². The molecule has 0 heterocycles. The van der Waals surface area contributed by atoms with Gasteiger partial charge in [0.05, 0.1) is 0 Å². The van der Waals surface area contributed by atoms with Gasteiger partial charge in [0.1, 0.15) is 0 Å². The van der Waals surface area contributed by atoms with Crippen molar-refractivity contribution in [3.8, 4) is 0 Å². The van der Waals surface area contributed by atoms with Crippen LogP contribution in [-0.4, -0.2) is 0 Å². The van der Waals surface area contributed by atoms with Gasteiger partial charge in [-0.05, 0) is 29.6 Å². The summed E-state index contributed by atoms with van der Waals surface area (Å²) >= 11 is 0. The molecule has 0 N–H and O–H groups in total. The van der Waals surface area contributed by atoms with Gasteiger partial charge < -0.3 is 0 Å². The molecule has 15 heavy (non-hydrogen) atoms. The highest BCUT2D eigenvalue weighted by Gasteiger charge is 2.48. The summed E-state index contributed by atoms with van der Waals surface area (Å²) in [4.78, 5) is 0. The van der Waals surface area contributed by atoms with Crippen molar-refractivity contribution in [3.63, 3.8) is 0 Å². The van der Waals surface area contributed by atoms with Gasteiger partial charge in [-0.1, -0.05) is 58.4 Å². The van der Waals surface area contributed by atoms with Gasteiger partial charge in [-0.2, -0.15) is 0 Å². The molecular formula is C15H24. The topological polar surface area (TPSA) is 0 Å². The standard InChI is InChI=1S/C15H24/c1-12-6-8-13(9-7-12)15(4)11-5-10-14(15,2)3/h6-9,12-13H,5,10-11H2,1-4H3/t12?,13?,15-/m0/s1. The quantitative estimate of drug-likeness (QED) is 0.548. The molecule has 84 valence electrons. The van der Waals surface area contributed by atoms with E-state index in [2.05, 4.69) is 52.0 Å². The Labute approximate surface area is 94.5 Å². The van der Waals surface area contributed by atoms with Crippen LogP contribution in [0.3, 0.4) is 0 Å². The van der Waals surface area contributed by atoms with Crippen molar-refractivity contribution >= 4 is 0 Å². The lowest BCUT2D eigenvalue weighted by atomic mass is 9.61. The average Bonchev–Trinajstić information content (AvgIpc) is 2.43. The molecule has 2 aliphatic rings. The lowest BCUT2D eigenvalue weighted by molar-refractivity contribution is 0.0989. The molecule has 0 unspecified atom stereocenters. The summed E-state index contributed by atoms with van der Waals surface area (Å²) in [6, 6.07) is 0. The minimum atomic E-state index is 0.472. The number of hydrogen-bond acceptors (Lipinski definition) is 0. The van der Waals surface area contributed by atoms with Crippen LogP contribution < -0.4 is 0 Å². The van der Waals surface area contributed by atoms with Crippen molar-refractivity contribution in [3.05, 3.63) is 24.3 Å². The Morgan fingerprint density at radius 3 is 2.00 bits per heavy atom. The van der Waals surface area contributed by atoms with Gasteiger partial charge in [-0.15, -0.1) is 0 Å². The molecule has 0 aromatic heterocycles. The first kappa shape index (κ1) is 11.0. The van der Waals surface area contributed by atoms with Crippen LogP contribution in [0, 0.1) is 22.7 Å². The molecule has 2 rings (SSSR count). The normalized spacial score (nSPS) is 43.5. The molecule has 0 aromatic rings. The Morgan fingerprint density at radius 2 is 1.53 bits per heavy atom. The lowest BCUT2D eigenvalue weighted by Gasteiger charge is -2.43. The third kappa shape index (κ3) is 1.68. The van der Waals surface area contributed by atoms with Crippen molar-refractivity contribution in [2.24, 2.45) is 22.7 Å². The van der Waals surface area contributed by atoms with Crippen LogP contribution in [0.5, 0.6) is 0 Å². The van der Waals surface area contributed by atoms with Crippen molar-refractivity contribution in [1.29, 1.82) is 0 Å². The fraction of sp³-hybridized carbons (Fsp3) is 0.733. The average molecular weight is 204 g/mol. The van der Waals surface area contributed by atoms with Gasteiger partial charge in [0.15, 0.2) is 0 Å². The van der Waals surface area contributed by atoms with Gasteiger partial charge in [-0.25, -0.2) is 0 Å². The first-order valence-corrected chi connectivity index (χ1v) is 6.32. The van der Waals surface area contributed by atoms with Gasteiger partial charge in [0, 0.05) is 5.92 Å². The second-order valence-electron chi connectivity index (χ2n) is 6.31. The molecule has 0 nitrogen and oxygen atoms in total. The van der Waals surface area contributed by atoms with Crippen LogP contribution in [0.1, 0.15) is 47.0 Å². The van der Waals surface area contributed by atoms with Crippen LogP contribution in [0.25, 0.3) is 0 Å². The third-order valence-corrected chi connectivity index (χ3v) is 5.02. The highest BCUT2D eigenvalue weighted by molar-refractivity contribution is 5.19. The number of rotatable bonds is 1. The molecule has 2 aliphatic carbocycles. The summed E-state index contributed by atoms with van der Waals surface area (Å²) in [6.45, 7) is 9.63. The van der Waals surface area contributed by atoms with E-state index in [4.69, 9.17) is 0 Å². The first-order chi connectivity index (χ1) is 6.96. The molecular weight excluding hydrogens is 180 g/mol. The van der Waals surface area contributed by atoms with Gasteiger partial charge in [0.2, 0.25) is 0 Å². The van der Waals surface area contributed by atoms with Crippen molar-refractivity contribution in [2.45, 2.75) is 47.0 Å². The van der Waals surface area contributed by atoms with Crippen molar-refractivity contribution < 1.29 is 0 Å². The zero-order valence-corrected chi connectivity index (χ0v) is 10.6. The van der Waals surface area contributed by atoms with E-state index < -0.39 is 0 Å². The Morgan fingerprint density at radius 1 is 0.933 bits per heavy atom. The fourth-order valence-corrected chi connectivity index (χ4v) is 3.28. The monoisotopic (exact) mass is 204 g/mol. The number of allylic oxidation sites excluding steroid dienone is 4. The van der Waals surface area contributed by atoms with E-state index in [0.29, 0.717) is 22.7 Å². The largest absolute Gasteiger partial charge is 0.0813 e. The predicted octanol–water partition coefficient (Wildman–Crippen LogP) is 4.58. The molecule has 0 bridgehead atoms. The highest BCUT2D eigenvalue weighted by Crippen LogP contribution is 2.57. The van der Waals surface area contributed by atoms with E-state index in [0.717, 1.165) is 0 Å². The van der Waals surface area contributed by atoms with Crippen LogP contribution in [0.4, 0.5) is 0 Å². The minimum absolute atomic E-state index is 0.472. The second kappa shape index (κ2) is 3.50. The molecule has 1 fully saturated rings. The van der Waals surface area contributed by atoms with Crippen molar-refractivity contribution in [2.75, 3.05) is 0 Å². The Hall–Kier alpha value is -0.520. The first-order valence-electron chi connectivity index (χ1n) is 6.32. The van der Waals surface area contributed by atoms with Gasteiger partial charge in [0.25, 0.3) is 0 Å². The van der Waals surface area contributed by atoms with E-state index in [1.807, 2.05) is 0 Å². The summed E-state index contributed by atoms with van der Waals surface area (Å²) in [5.74, 6) is 1.29. The second-order valence-corrected chi connectivity index (χ2v) is 6.31. The van der Waals surface area contributed by atoms with Crippen LogP contribution in [0.15, 0.2) is 24.3 Å². The number of hydrogen-bond donors (Lipinski definition) is 0. The molecule has 0 radical (unpaired) electrons. The highest BCUT2D eigenvalue weighted by atomic mass is 14.5. The van der Waals surface area contributed by atoms with E-state index in [-0.39, 0.29) is 0 Å². The predicted molar refractivity (Wildman–Crippen MR) is 66.7 cm³/mol. The fourth-order valence-electron chi connectivity index (χ4n) is 3.28. The zero-order chi connectivity index (χ0) is 11.1. The molecule has 0 heteroatoms. The van der Waals surface area contributed by atoms with E-state index in [1.54, 1.807) is 0 Å². The van der Waals surface area contributed by atoms with E-state index in [1.165, 1.54) is 19.3 Å². The maximum atomic E-state index is 2.48. The lowest BCUT2D eigenvalue weighted by Crippen LogP contribution is -2.36. The van der Waals surface area contributed by atoms with Crippen LogP contribution >= 0.6 is 0 Å². The molecule has 0 aromatic carbocycles. The summed E-state index contributed by atoms with van der Waals surface area (Å²) < 4.78 is 0. The summed E-state index contributed by atoms with van der Waals surface area (Å²) in [6.07, 6.45) is 13.8. The molecule has 1 atom stereocenters. The van der Waals surface area contributed by atoms with Gasteiger partial charge >= 0.3 is 0 Å². The Bertz CT molecular complexity index is 281. The smallest absolute Gasteiger partial charge is 0.000592 e. The summed E-state index contributed by atoms with van der Waals surface area (Å²) in [7, 11) is 0. The molecule has 0 saturated heterocycles. The summed E-state index contributed by atoms with van der Waals surface area (Å²) in [5, 5.41) is 0. The Balaban J connectivity index is 2.23. The Kier molecular flexibility index (Phi) is 2.56. The molecule has 0 amide bonds. The molecule has 1 saturated carbocycles. The van der Waals surface area contributed by atoms with Gasteiger partial charge in [-0.3, -0.25) is 0 Å². The maximum absolute atomic E-state index is 2.48. The minimum Gasteiger partial charge on any atom is -0.0813 e. The molecule has 0 spiro atoms. The van der Waals surface area contributed by atoms with E-state index >= 15 is 0 Å². The van der Waals surface area contributed by atoms with E-state index in [9.17, 15) is 0 Å².